The SMILES string of the molecule is COc1ccc(C(C)NC(=O)CN(c2ccccc2)S(C)(=O)=O)cc1. The van der Waals surface area contributed by atoms with E-state index in [0.29, 0.717) is 5.69 Å². The summed E-state index contributed by atoms with van der Waals surface area (Å²) in [6.07, 6.45) is 1.08. The summed E-state index contributed by atoms with van der Waals surface area (Å²) in [6.45, 7) is 1.57. The Balaban J connectivity index is 2.08. The van der Waals surface area contributed by atoms with Gasteiger partial charge in [-0.05, 0) is 36.8 Å². The van der Waals surface area contributed by atoms with Gasteiger partial charge in [-0.3, -0.25) is 9.10 Å². The van der Waals surface area contributed by atoms with Crippen molar-refractivity contribution >= 4 is 21.6 Å². The van der Waals surface area contributed by atoms with Gasteiger partial charge in [0.05, 0.1) is 25.1 Å². The molecular weight excluding hydrogens is 340 g/mol. The molecule has 7 heteroatoms. The molecule has 6 nitrogen and oxygen atoms in total. The molecular formula is C18H22N2O4S. The van der Waals surface area contributed by atoms with Crippen molar-refractivity contribution in [2.24, 2.45) is 0 Å². The molecule has 0 aliphatic heterocycles. The van der Waals surface area contributed by atoms with Crippen LogP contribution in [-0.4, -0.2) is 34.2 Å². The number of anilines is 1. The molecule has 134 valence electrons. The van der Waals surface area contributed by atoms with Gasteiger partial charge < -0.3 is 10.1 Å². The molecule has 0 radical (unpaired) electrons. The quantitative estimate of drug-likeness (QED) is 0.820. The first-order valence-electron chi connectivity index (χ1n) is 7.77. The largest absolute Gasteiger partial charge is 0.497 e. The molecule has 0 saturated carbocycles. The Labute approximate surface area is 148 Å². The summed E-state index contributed by atoms with van der Waals surface area (Å²) in [6, 6.07) is 15.6. The van der Waals surface area contributed by atoms with Crippen molar-refractivity contribution in [1.29, 1.82) is 0 Å². The lowest BCUT2D eigenvalue weighted by atomic mass is 10.1. The molecule has 0 saturated heterocycles. The topological polar surface area (TPSA) is 75.7 Å². The first-order valence-corrected chi connectivity index (χ1v) is 9.62. The van der Waals surface area contributed by atoms with Crippen molar-refractivity contribution in [1.82, 2.24) is 5.32 Å². The third kappa shape index (κ3) is 5.22. The second-order valence-electron chi connectivity index (χ2n) is 5.67. The maximum absolute atomic E-state index is 12.3. The Morgan fingerprint density at radius 1 is 1.12 bits per heavy atom. The molecule has 2 aromatic rings. The molecule has 0 bridgehead atoms. The number of hydrogen-bond acceptors (Lipinski definition) is 4. The summed E-state index contributed by atoms with van der Waals surface area (Å²) in [5, 5.41) is 2.82. The van der Waals surface area contributed by atoms with Crippen LogP contribution in [-0.2, 0) is 14.8 Å². The van der Waals surface area contributed by atoms with E-state index in [1.165, 1.54) is 0 Å². The highest BCUT2D eigenvalue weighted by Gasteiger charge is 2.21. The number of carbonyl (C=O) groups is 1. The van der Waals surface area contributed by atoms with Gasteiger partial charge in [0.1, 0.15) is 12.3 Å². The third-order valence-electron chi connectivity index (χ3n) is 3.73. The molecule has 1 unspecified atom stereocenters. The van der Waals surface area contributed by atoms with E-state index in [9.17, 15) is 13.2 Å². The molecule has 0 aliphatic rings. The molecule has 0 spiro atoms. The average Bonchev–Trinajstić information content (AvgIpc) is 2.59. The Hall–Kier alpha value is -2.54. The summed E-state index contributed by atoms with van der Waals surface area (Å²) < 4.78 is 30.2. The minimum absolute atomic E-state index is 0.254. The van der Waals surface area contributed by atoms with Gasteiger partial charge in [0, 0.05) is 0 Å². The molecule has 0 fully saturated rings. The summed E-state index contributed by atoms with van der Waals surface area (Å²) >= 11 is 0. The van der Waals surface area contributed by atoms with Crippen molar-refractivity contribution < 1.29 is 17.9 Å². The van der Waals surface area contributed by atoms with Crippen LogP contribution in [0.1, 0.15) is 18.5 Å². The highest BCUT2D eigenvalue weighted by Crippen LogP contribution is 2.19. The number of methoxy groups -OCH3 is 1. The van der Waals surface area contributed by atoms with Gasteiger partial charge in [0.15, 0.2) is 0 Å². The third-order valence-corrected chi connectivity index (χ3v) is 4.87. The van der Waals surface area contributed by atoms with E-state index >= 15 is 0 Å². The fourth-order valence-corrected chi connectivity index (χ4v) is 3.24. The lowest BCUT2D eigenvalue weighted by Crippen LogP contribution is -2.41. The first-order chi connectivity index (χ1) is 11.8. The van der Waals surface area contributed by atoms with Crippen molar-refractivity contribution in [3.8, 4) is 5.75 Å². The van der Waals surface area contributed by atoms with Crippen LogP contribution >= 0.6 is 0 Å². The fourth-order valence-electron chi connectivity index (χ4n) is 2.39. The zero-order chi connectivity index (χ0) is 18.4. The summed E-state index contributed by atoms with van der Waals surface area (Å²) in [5.41, 5.74) is 1.36. The monoisotopic (exact) mass is 362 g/mol. The van der Waals surface area contributed by atoms with E-state index in [1.54, 1.807) is 37.4 Å². The molecule has 0 aliphatic carbocycles. The standard InChI is InChI=1S/C18H22N2O4S/c1-14(15-9-11-17(24-2)12-10-15)19-18(21)13-20(25(3,22)23)16-7-5-4-6-8-16/h4-12,14H,13H2,1-3H3,(H,19,21). The van der Waals surface area contributed by atoms with E-state index < -0.39 is 10.0 Å². The van der Waals surface area contributed by atoms with Crippen LogP contribution in [0.15, 0.2) is 54.6 Å². The Bertz CT molecular complexity index is 805. The first kappa shape index (κ1) is 18.8. The Morgan fingerprint density at radius 2 is 1.72 bits per heavy atom. The number of sulfonamides is 1. The second-order valence-corrected chi connectivity index (χ2v) is 7.57. The van der Waals surface area contributed by atoms with Gasteiger partial charge in [-0.1, -0.05) is 30.3 Å². The maximum Gasteiger partial charge on any atom is 0.241 e. The number of nitrogens with zero attached hydrogens (tertiary/aromatic N) is 1. The average molecular weight is 362 g/mol. The van der Waals surface area contributed by atoms with Crippen LogP contribution in [0.25, 0.3) is 0 Å². The number of para-hydroxylation sites is 1. The highest BCUT2D eigenvalue weighted by atomic mass is 32.2. The Morgan fingerprint density at radius 3 is 2.24 bits per heavy atom. The zero-order valence-corrected chi connectivity index (χ0v) is 15.3. The summed E-state index contributed by atoms with van der Waals surface area (Å²) in [7, 11) is -1.98. The number of benzene rings is 2. The van der Waals surface area contributed by atoms with Crippen LogP contribution in [0.3, 0.4) is 0 Å². The van der Waals surface area contributed by atoms with E-state index in [2.05, 4.69) is 5.32 Å². The summed E-state index contributed by atoms with van der Waals surface area (Å²) in [5.74, 6) is 0.354. The van der Waals surface area contributed by atoms with Crippen molar-refractivity contribution in [3.05, 3.63) is 60.2 Å². The van der Waals surface area contributed by atoms with Gasteiger partial charge in [-0.2, -0.15) is 0 Å². The molecule has 1 N–H and O–H groups in total. The smallest absolute Gasteiger partial charge is 0.241 e. The molecule has 25 heavy (non-hydrogen) atoms. The van der Waals surface area contributed by atoms with Crippen LogP contribution in [0.5, 0.6) is 5.75 Å². The van der Waals surface area contributed by atoms with Crippen LogP contribution in [0, 0.1) is 0 Å². The van der Waals surface area contributed by atoms with E-state index in [-0.39, 0.29) is 18.5 Å². The molecule has 2 rings (SSSR count). The van der Waals surface area contributed by atoms with Crippen LogP contribution in [0.2, 0.25) is 0 Å². The molecule has 0 aromatic heterocycles. The van der Waals surface area contributed by atoms with E-state index in [0.717, 1.165) is 21.9 Å². The number of ether oxygens (including phenoxy) is 1. The predicted octanol–water partition coefficient (Wildman–Crippen LogP) is 2.34. The lowest BCUT2D eigenvalue weighted by molar-refractivity contribution is -0.120. The van der Waals surface area contributed by atoms with Gasteiger partial charge in [-0.15, -0.1) is 0 Å². The van der Waals surface area contributed by atoms with Crippen molar-refractivity contribution in [3.63, 3.8) is 0 Å². The van der Waals surface area contributed by atoms with Gasteiger partial charge in [0.2, 0.25) is 15.9 Å². The maximum atomic E-state index is 12.3. The van der Waals surface area contributed by atoms with Gasteiger partial charge in [-0.25, -0.2) is 8.42 Å². The number of amides is 1. The van der Waals surface area contributed by atoms with E-state index in [1.807, 2.05) is 31.2 Å². The molecule has 0 heterocycles. The minimum Gasteiger partial charge on any atom is -0.497 e. The second kappa shape index (κ2) is 8.02. The Kier molecular flexibility index (Phi) is 6.03. The fraction of sp³-hybridized carbons (Fsp3) is 0.278. The van der Waals surface area contributed by atoms with Crippen LogP contribution < -0.4 is 14.4 Å². The molecule has 1 amide bonds. The normalized spacial score (nSPS) is 12.3. The highest BCUT2D eigenvalue weighted by molar-refractivity contribution is 7.92. The van der Waals surface area contributed by atoms with Gasteiger partial charge >= 0.3 is 0 Å². The number of carbonyl (C=O) groups excluding carboxylic acids is 1. The zero-order valence-electron chi connectivity index (χ0n) is 14.5. The number of hydrogen-bond donors (Lipinski definition) is 1. The lowest BCUT2D eigenvalue weighted by Gasteiger charge is -2.23. The minimum atomic E-state index is -3.57. The van der Waals surface area contributed by atoms with Gasteiger partial charge in [0.25, 0.3) is 0 Å². The number of rotatable bonds is 7. The number of nitrogens with one attached hydrogen (secondary N) is 1. The van der Waals surface area contributed by atoms with Crippen LogP contribution in [0.4, 0.5) is 5.69 Å². The summed E-state index contributed by atoms with van der Waals surface area (Å²) in [4.78, 5) is 12.3. The van der Waals surface area contributed by atoms with E-state index in [4.69, 9.17) is 4.74 Å². The van der Waals surface area contributed by atoms with Crippen molar-refractivity contribution in [2.75, 3.05) is 24.2 Å². The van der Waals surface area contributed by atoms with Crippen molar-refractivity contribution in [2.45, 2.75) is 13.0 Å². The molecule has 1 atom stereocenters. The molecule has 2 aromatic carbocycles. The predicted molar refractivity (Wildman–Crippen MR) is 98.2 cm³/mol.